The number of amides is 4. The monoisotopic (exact) mass is 521 g/mol. The van der Waals surface area contributed by atoms with Crippen molar-refractivity contribution >= 4 is 53.3 Å². The summed E-state index contributed by atoms with van der Waals surface area (Å²) in [5, 5.41) is 33.5. The van der Waals surface area contributed by atoms with E-state index in [4.69, 9.17) is 21.7 Å². The van der Waals surface area contributed by atoms with Gasteiger partial charge in [0.1, 0.15) is 18.1 Å². The Bertz CT molecular complexity index is 809. The highest BCUT2D eigenvalue weighted by Gasteiger charge is 2.31. The van der Waals surface area contributed by atoms with Gasteiger partial charge in [0, 0.05) is 12.8 Å². The zero-order valence-electron chi connectivity index (χ0n) is 19.0. The van der Waals surface area contributed by atoms with Gasteiger partial charge in [0.15, 0.2) is 0 Å². The summed E-state index contributed by atoms with van der Waals surface area (Å²) in [6.07, 6.45) is -0.582. The number of hydrogen-bond donors (Lipinski definition) is 8. The Hall–Kier alpha value is -3.40. The molecular weight excluding hydrogens is 490 g/mol. The predicted octanol–water partition coefficient (Wildman–Crippen LogP) is -2.79. The highest BCUT2D eigenvalue weighted by molar-refractivity contribution is 7.98. The number of carbonyl (C=O) groups is 7. The van der Waals surface area contributed by atoms with Crippen molar-refractivity contribution in [2.24, 2.45) is 11.5 Å². The van der Waals surface area contributed by atoms with Gasteiger partial charge in [-0.1, -0.05) is 0 Å². The van der Waals surface area contributed by atoms with Crippen LogP contribution in [0.1, 0.15) is 38.5 Å². The van der Waals surface area contributed by atoms with Crippen LogP contribution in [0.15, 0.2) is 0 Å². The van der Waals surface area contributed by atoms with Crippen LogP contribution in [0.5, 0.6) is 0 Å². The molecule has 0 aromatic rings. The molecule has 16 heteroatoms. The van der Waals surface area contributed by atoms with E-state index in [1.165, 1.54) is 11.8 Å². The van der Waals surface area contributed by atoms with E-state index in [0.717, 1.165) is 0 Å². The lowest BCUT2D eigenvalue weighted by Crippen LogP contribution is -2.57. The van der Waals surface area contributed by atoms with Crippen molar-refractivity contribution in [3.05, 3.63) is 0 Å². The average molecular weight is 522 g/mol. The second kappa shape index (κ2) is 16.3. The van der Waals surface area contributed by atoms with E-state index in [1.54, 1.807) is 6.26 Å². The molecule has 0 aliphatic heterocycles. The number of hydrogen-bond acceptors (Lipinski definition) is 9. The van der Waals surface area contributed by atoms with Crippen LogP contribution in [0.3, 0.4) is 0 Å². The molecule has 0 heterocycles. The minimum absolute atomic E-state index is 0.0605. The van der Waals surface area contributed by atoms with Crippen LogP contribution in [-0.2, 0) is 33.6 Å². The van der Waals surface area contributed by atoms with Gasteiger partial charge in [-0.15, -0.1) is 0 Å². The SMILES string of the molecule is CSCCC(NC(=O)C(CC(N)=O)NC(=O)C(CCC(=O)O)NC(=O)C(N)CCC(=O)O)C(=O)O. The molecule has 0 aliphatic rings. The number of nitrogens with one attached hydrogen (secondary N) is 3. The van der Waals surface area contributed by atoms with Crippen molar-refractivity contribution in [2.75, 3.05) is 12.0 Å². The maximum atomic E-state index is 12.8. The van der Waals surface area contributed by atoms with Crippen molar-refractivity contribution in [2.45, 2.75) is 62.7 Å². The summed E-state index contributed by atoms with van der Waals surface area (Å²) in [7, 11) is 0. The predicted molar refractivity (Wildman–Crippen MR) is 122 cm³/mol. The average Bonchev–Trinajstić information content (AvgIpc) is 2.75. The third-order valence-electron chi connectivity index (χ3n) is 4.55. The Morgan fingerprint density at radius 3 is 1.71 bits per heavy atom. The van der Waals surface area contributed by atoms with E-state index in [-0.39, 0.29) is 12.8 Å². The van der Waals surface area contributed by atoms with E-state index in [2.05, 4.69) is 16.0 Å². The first-order valence-corrected chi connectivity index (χ1v) is 11.8. The molecule has 0 saturated heterocycles. The maximum absolute atomic E-state index is 12.8. The maximum Gasteiger partial charge on any atom is 0.326 e. The van der Waals surface area contributed by atoms with Crippen LogP contribution in [0.4, 0.5) is 0 Å². The number of carboxylic acid groups (broad SMARTS) is 3. The molecular formula is C19H31N5O10S. The second-order valence-electron chi connectivity index (χ2n) is 7.44. The molecule has 4 unspecified atom stereocenters. The number of aliphatic carboxylic acids is 3. The normalized spacial score (nSPS) is 14.0. The van der Waals surface area contributed by atoms with E-state index in [9.17, 15) is 38.7 Å². The van der Waals surface area contributed by atoms with Crippen molar-refractivity contribution in [1.29, 1.82) is 0 Å². The summed E-state index contributed by atoms with van der Waals surface area (Å²) in [5.41, 5.74) is 10.7. The van der Waals surface area contributed by atoms with Gasteiger partial charge in [-0.25, -0.2) is 4.79 Å². The lowest BCUT2D eigenvalue weighted by Gasteiger charge is -2.24. The fourth-order valence-electron chi connectivity index (χ4n) is 2.67. The third-order valence-corrected chi connectivity index (χ3v) is 5.19. The first-order chi connectivity index (χ1) is 16.3. The Kier molecular flexibility index (Phi) is 14.7. The molecule has 15 nitrogen and oxygen atoms in total. The molecule has 0 aromatic carbocycles. The number of carboxylic acids is 3. The molecule has 4 amide bonds. The minimum atomic E-state index is -1.61. The van der Waals surface area contributed by atoms with Crippen LogP contribution >= 0.6 is 11.8 Å². The van der Waals surface area contributed by atoms with Crippen molar-refractivity contribution in [3.8, 4) is 0 Å². The summed E-state index contributed by atoms with van der Waals surface area (Å²) in [4.78, 5) is 82.0. The number of rotatable bonds is 18. The quantitative estimate of drug-likeness (QED) is 0.0909. The zero-order valence-corrected chi connectivity index (χ0v) is 19.8. The lowest BCUT2D eigenvalue weighted by molar-refractivity contribution is -0.142. The highest BCUT2D eigenvalue weighted by atomic mass is 32.2. The molecule has 4 atom stereocenters. The molecule has 0 rings (SSSR count). The second-order valence-corrected chi connectivity index (χ2v) is 8.43. The van der Waals surface area contributed by atoms with E-state index < -0.39 is 91.4 Å². The van der Waals surface area contributed by atoms with Gasteiger partial charge < -0.3 is 42.7 Å². The molecule has 0 aromatic heterocycles. The smallest absolute Gasteiger partial charge is 0.326 e. The fraction of sp³-hybridized carbons (Fsp3) is 0.632. The number of nitrogens with two attached hydrogens (primary N) is 2. The van der Waals surface area contributed by atoms with E-state index >= 15 is 0 Å². The van der Waals surface area contributed by atoms with Crippen LogP contribution in [-0.4, -0.2) is 93.0 Å². The fourth-order valence-corrected chi connectivity index (χ4v) is 3.15. The standard InChI is InChI=1S/C19H31N5O10S/c1-35-7-6-11(19(33)34)23-18(32)12(8-13(21)25)24-17(31)10(3-5-15(28)29)22-16(30)9(20)2-4-14(26)27/h9-12H,2-8,20H2,1H3,(H2,21,25)(H,22,30)(H,23,32)(H,24,31)(H,26,27)(H,28,29)(H,33,34). The van der Waals surface area contributed by atoms with E-state index in [1.807, 2.05) is 0 Å². The van der Waals surface area contributed by atoms with Crippen LogP contribution in [0.25, 0.3) is 0 Å². The van der Waals surface area contributed by atoms with Crippen molar-refractivity contribution in [3.63, 3.8) is 0 Å². The Morgan fingerprint density at radius 1 is 0.743 bits per heavy atom. The zero-order chi connectivity index (χ0) is 27.1. The largest absolute Gasteiger partial charge is 0.481 e. The molecule has 0 fully saturated rings. The minimum Gasteiger partial charge on any atom is -0.481 e. The van der Waals surface area contributed by atoms with Gasteiger partial charge in [0.25, 0.3) is 0 Å². The van der Waals surface area contributed by atoms with Gasteiger partial charge in [-0.2, -0.15) is 11.8 Å². The van der Waals surface area contributed by atoms with Crippen molar-refractivity contribution in [1.82, 2.24) is 16.0 Å². The first-order valence-electron chi connectivity index (χ1n) is 10.4. The van der Waals surface area contributed by atoms with E-state index in [0.29, 0.717) is 5.75 Å². The van der Waals surface area contributed by atoms with Gasteiger partial charge in [0.2, 0.25) is 23.6 Å². The molecule has 10 N–H and O–H groups in total. The van der Waals surface area contributed by atoms with Gasteiger partial charge in [-0.3, -0.25) is 28.8 Å². The van der Waals surface area contributed by atoms with Gasteiger partial charge >= 0.3 is 17.9 Å². The third kappa shape index (κ3) is 13.8. The topological polar surface area (TPSA) is 268 Å². The lowest BCUT2D eigenvalue weighted by atomic mass is 10.1. The Morgan fingerprint density at radius 2 is 1.23 bits per heavy atom. The van der Waals surface area contributed by atoms with Gasteiger partial charge in [-0.05, 0) is 31.3 Å². The Labute approximate surface area is 204 Å². The van der Waals surface area contributed by atoms with Crippen LogP contribution < -0.4 is 27.4 Å². The highest BCUT2D eigenvalue weighted by Crippen LogP contribution is 2.05. The summed E-state index contributed by atoms with van der Waals surface area (Å²) in [5.74, 6) is -7.44. The molecule has 0 bridgehead atoms. The number of carbonyl (C=O) groups excluding carboxylic acids is 4. The first kappa shape index (κ1) is 31.6. The molecule has 0 spiro atoms. The molecule has 198 valence electrons. The summed E-state index contributed by atoms with van der Waals surface area (Å²) < 4.78 is 0. The summed E-state index contributed by atoms with van der Waals surface area (Å²) >= 11 is 1.34. The van der Waals surface area contributed by atoms with Crippen LogP contribution in [0.2, 0.25) is 0 Å². The molecule has 0 radical (unpaired) electrons. The Balaban J connectivity index is 5.53. The number of thioether (sulfide) groups is 1. The van der Waals surface area contributed by atoms with Crippen LogP contribution in [0, 0.1) is 0 Å². The summed E-state index contributed by atoms with van der Waals surface area (Å²) in [6, 6.07) is -5.74. The van der Waals surface area contributed by atoms with Crippen molar-refractivity contribution < 1.29 is 48.9 Å². The molecule has 35 heavy (non-hydrogen) atoms. The van der Waals surface area contributed by atoms with Gasteiger partial charge in [0.05, 0.1) is 12.5 Å². The summed E-state index contributed by atoms with van der Waals surface area (Å²) in [6.45, 7) is 0. The number of primary amides is 1. The molecule has 0 aliphatic carbocycles. The molecule has 0 saturated carbocycles.